The minimum Gasteiger partial charge on any atom is -0.381 e. The number of carbonyl (C=O) groups is 1. The van der Waals surface area contributed by atoms with Crippen molar-refractivity contribution in [1.29, 1.82) is 0 Å². The molecule has 4 nitrogen and oxygen atoms in total. The molecule has 0 aliphatic carbocycles. The van der Waals surface area contributed by atoms with Crippen molar-refractivity contribution >= 4 is 29.5 Å². The molecule has 2 rings (SSSR count). The van der Waals surface area contributed by atoms with Gasteiger partial charge < -0.3 is 15.0 Å². The van der Waals surface area contributed by atoms with Crippen molar-refractivity contribution in [2.24, 2.45) is 5.92 Å². The molecule has 1 aliphatic heterocycles. The molecule has 18 heavy (non-hydrogen) atoms. The van der Waals surface area contributed by atoms with Crippen LogP contribution in [-0.2, 0) is 16.0 Å². The van der Waals surface area contributed by atoms with Crippen molar-refractivity contribution in [2.45, 2.75) is 32.7 Å². The highest BCUT2D eigenvalue weighted by atomic mass is 32.1. The van der Waals surface area contributed by atoms with Crippen LogP contribution in [0.2, 0.25) is 0 Å². The summed E-state index contributed by atoms with van der Waals surface area (Å²) >= 11 is 6.55. The molecule has 1 aliphatic rings. The Morgan fingerprint density at radius 1 is 1.67 bits per heavy atom. The topological polar surface area (TPSA) is 54.1 Å². The third-order valence-electron chi connectivity index (χ3n) is 3.23. The maximum atomic E-state index is 12.0. The molecule has 1 amide bonds. The SMILES string of the molecule is Cc1[nH]c(=S)sc1CC(=O)NC1CCOCC1C. The third kappa shape index (κ3) is 3.40. The second-order valence-corrected chi connectivity index (χ2v) is 6.53. The van der Waals surface area contributed by atoms with Gasteiger partial charge in [-0.2, -0.15) is 0 Å². The average molecular weight is 286 g/mol. The van der Waals surface area contributed by atoms with Crippen LogP contribution in [-0.4, -0.2) is 30.1 Å². The molecular weight excluding hydrogens is 268 g/mol. The number of aromatic nitrogens is 1. The van der Waals surface area contributed by atoms with Crippen molar-refractivity contribution in [3.63, 3.8) is 0 Å². The van der Waals surface area contributed by atoms with E-state index in [0.717, 1.165) is 34.2 Å². The highest BCUT2D eigenvalue weighted by molar-refractivity contribution is 7.73. The summed E-state index contributed by atoms with van der Waals surface area (Å²) in [6.45, 7) is 5.52. The van der Waals surface area contributed by atoms with Crippen LogP contribution in [0.5, 0.6) is 0 Å². The van der Waals surface area contributed by atoms with Gasteiger partial charge in [0.15, 0.2) is 3.95 Å². The van der Waals surface area contributed by atoms with Gasteiger partial charge in [0.05, 0.1) is 13.0 Å². The van der Waals surface area contributed by atoms with Crippen LogP contribution in [0.15, 0.2) is 0 Å². The van der Waals surface area contributed by atoms with Gasteiger partial charge in [0.25, 0.3) is 0 Å². The minimum absolute atomic E-state index is 0.0714. The van der Waals surface area contributed by atoms with E-state index in [0.29, 0.717) is 12.3 Å². The summed E-state index contributed by atoms with van der Waals surface area (Å²) in [5.74, 6) is 0.454. The molecule has 0 bridgehead atoms. The van der Waals surface area contributed by atoms with E-state index in [9.17, 15) is 4.79 Å². The zero-order valence-electron chi connectivity index (χ0n) is 10.6. The molecule has 2 atom stereocenters. The Morgan fingerprint density at radius 3 is 3.06 bits per heavy atom. The molecule has 1 saturated heterocycles. The lowest BCUT2D eigenvalue weighted by Gasteiger charge is -2.29. The number of hydrogen-bond acceptors (Lipinski definition) is 4. The van der Waals surface area contributed by atoms with Crippen LogP contribution in [0.4, 0.5) is 0 Å². The molecule has 1 fully saturated rings. The number of H-pyrrole nitrogens is 1. The number of aryl methyl sites for hydroxylation is 1. The fourth-order valence-electron chi connectivity index (χ4n) is 2.10. The molecule has 0 saturated carbocycles. The van der Waals surface area contributed by atoms with Gasteiger partial charge in [0, 0.05) is 23.2 Å². The predicted molar refractivity (Wildman–Crippen MR) is 74.5 cm³/mol. The van der Waals surface area contributed by atoms with Crippen LogP contribution >= 0.6 is 23.6 Å². The van der Waals surface area contributed by atoms with Gasteiger partial charge in [0.1, 0.15) is 0 Å². The van der Waals surface area contributed by atoms with Crippen LogP contribution < -0.4 is 5.32 Å². The van der Waals surface area contributed by atoms with Crippen LogP contribution in [0, 0.1) is 16.8 Å². The number of amides is 1. The van der Waals surface area contributed by atoms with Crippen molar-refractivity contribution in [3.05, 3.63) is 14.5 Å². The third-order valence-corrected chi connectivity index (χ3v) is 4.57. The van der Waals surface area contributed by atoms with E-state index in [-0.39, 0.29) is 11.9 Å². The fourth-order valence-corrected chi connectivity index (χ4v) is 3.39. The Kier molecular flexibility index (Phi) is 4.53. The standard InChI is InChI=1S/C12H18N2O2S2/c1-7-6-16-4-3-9(7)14-11(15)5-10-8(2)13-12(17)18-10/h7,9H,3-6H2,1-2H3,(H,13,17)(H,14,15). The molecule has 0 aromatic carbocycles. The highest BCUT2D eigenvalue weighted by Crippen LogP contribution is 2.17. The zero-order valence-corrected chi connectivity index (χ0v) is 12.2. The number of rotatable bonds is 3. The Labute approximate surface area is 116 Å². The quantitative estimate of drug-likeness (QED) is 0.838. The smallest absolute Gasteiger partial charge is 0.225 e. The van der Waals surface area contributed by atoms with E-state index in [1.807, 2.05) is 6.92 Å². The zero-order chi connectivity index (χ0) is 13.1. The molecule has 1 aromatic heterocycles. The predicted octanol–water partition coefficient (Wildman–Crippen LogP) is 2.20. The van der Waals surface area contributed by atoms with Gasteiger partial charge in [-0.1, -0.05) is 6.92 Å². The van der Waals surface area contributed by atoms with Crippen LogP contribution in [0.1, 0.15) is 23.9 Å². The van der Waals surface area contributed by atoms with Gasteiger partial charge in [-0.25, -0.2) is 0 Å². The molecule has 2 N–H and O–H groups in total. The summed E-state index contributed by atoms with van der Waals surface area (Å²) in [6, 6.07) is 0.235. The second-order valence-electron chi connectivity index (χ2n) is 4.75. The second kappa shape index (κ2) is 5.95. The fraction of sp³-hybridized carbons (Fsp3) is 0.667. The van der Waals surface area contributed by atoms with Crippen molar-refractivity contribution in [2.75, 3.05) is 13.2 Å². The maximum absolute atomic E-state index is 12.0. The van der Waals surface area contributed by atoms with E-state index in [1.165, 1.54) is 11.3 Å². The summed E-state index contributed by atoms with van der Waals surface area (Å²) in [5.41, 5.74) is 1.00. The summed E-state index contributed by atoms with van der Waals surface area (Å²) < 4.78 is 6.10. The first-order valence-electron chi connectivity index (χ1n) is 6.12. The maximum Gasteiger partial charge on any atom is 0.225 e. The molecule has 0 spiro atoms. The first-order valence-corrected chi connectivity index (χ1v) is 7.34. The lowest BCUT2D eigenvalue weighted by atomic mass is 9.98. The number of carbonyl (C=O) groups excluding carboxylic acids is 1. The molecule has 2 heterocycles. The van der Waals surface area contributed by atoms with Crippen molar-refractivity contribution < 1.29 is 9.53 Å². The molecule has 2 unspecified atom stereocenters. The number of aromatic amines is 1. The number of nitrogens with one attached hydrogen (secondary N) is 2. The van der Waals surface area contributed by atoms with E-state index in [1.54, 1.807) is 0 Å². The van der Waals surface area contributed by atoms with Crippen molar-refractivity contribution in [1.82, 2.24) is 10.3 Å². The Balaban J connectivity index is 1.92. The Bertz CT molecular complexity index is 481. The van der Waals surface area contributed by atoms with Gasteiger partial charge >= 0.3 is 0 Å². The first kappa shape index (κ1) is 13.7. The average Bonchev–Trinajstić information content (AvgIpc) is 2.61. The van der Waals surface area contributed by atoms with E-state index in [4.69, 9.17) is 17.0 Å². The number of hydrogen-bond donors (Lipinski definition) is 2. The normalized spacial score (nSPS) is 23.9. The molecule has 1 aromatic rings. The lowest BCUT2D eigenvalue weighted by Crippen LogP contribution is -2.44. The first-order chi connectivity index (χ1) is 8.56. The van der Waals surface area contributed by atoms with E-state index >= 15 is 0 Å². The van der Waals surface area contributed by atoms with Gasteiger partial charge in [-0.3, -0.25) is 4.79 Å². The number of thiazole rings is 1. The summed E-state index contributed by atoms with van der Waals surface area (Å²) in [6.07, 6.45) is 1.31. The van der Waals surface area contributed by atoms with Gasteiger partial charge in [-0.15, -0.1) is 11.3 Å². The highest BCUT2D eigenvalue weighted by Gasteiger charge is 2.23. The largest absolute Gasteiger partial charge is 0.381 e. The minimum atomic E-state index is 0.0714. The summed E-state index contributed by atoms with van der Waals surface area (Å²) in [7, 11) is 0. The molecule has 0 radical (unpaired) electrons. The lowest BCUT2D eigenvalue weighted by molar-refractivity contribution is -0.122. The number of ether oxygens (including phenoxy) is 1. The molecule has 100 valence electrons. The van der Waals surface area contributed by atoms with E-state index < -0.39 is 0 Å². The van der Waals surface area contributed by atoms with E-state index in [2.05, 4.69) is 17.2 Å². The Morgan fingerprint density at radius 2 is 2.44 bits per heavy atom. The summed E-state index contributed by atoms with van der Waals surface area (Å²) in [4.78, 5) is 16.1. The van der Waals surface area contributed by atoms with Crippen LogP contribution in [0.25, 0.3) is 0 Å². The molecule has 6 heteroatoms. The van der Waals surface area contributed by atoms with Crippen molar-refractivity contribution in [3.8, 4) is 0 Å². The van der Waals surface area contributed by atoms with Crippen LogP contribution in [0.3, 0.4) is 0 Å². The molecular formula is C12H18N2O2S2. The monoisotopic (exact) mass is 286 g/mol. The van der Waals surface area contributed by atoms with Gasteiger partial charge in [0.2, 0.25) is 5.91 Å². The van der Waals surface area contributed by atoms with Gasteiger partial charge in [-0.05, 0) is 31.5 Å². The summed E-state index contributed by atoms with van der Waals surface area (Å²) in [5, 5.41) is 3.09. The Hall–Kier alpha value is -0.720.